The van der Waals surface area contributed by atoms with E-state index < -0.39 is 0 Å². The number of hydrogen-bond donors (Lipinski definition) is 2. The van der Waals surface area contributed by atoms with Crippen molar-refractivity contribution in [2.75, 3.05) is 18.9 Å². The molecule has 6 heteroatoms. The lowest BCUT2D eigenvalue weighted by Crippen LogP contribution is -2.39. The van der Waals surface area contributed by atoms with Crippen LogP contribution >= 0.6 is 0 Å². The number of para-hydroxylation sites is 1. The van der Waals surface area contributed by atoms with Gasteiger partial charge in [-0.1, -0.05) is 49.8 Å². The molecule has 2 N–H and O–H groups in total. The molecule has 6 nitrogen and oxygen atoms in total. The molecule has 3 atom stereocenters. The quantitative estimate of drug-likeness (QED) is 0.551. The van der Waals surface area contributed by atoms with Crippen LogP contribution in [0.5, 0.6) is 0 Å². The van der Waals surface area contributed by atoms with Crippen molar-refractivity contribution in [1.29, 1.82) is 0 Å². The zero-order chi connectivity index (χ0) is 23.8. The van der Waals surface area contributed by atoms with Crippen LogP contribution in [0.4, 0.5) is 10.5 Å². The third-order valence-electron chi connectivity index (χ3n) is 6.60. The van der Waals surface area contributed by atoms with Gasteiger partial charge in [0.1, 0.15) is 0 Å². The highest BCUT2D eigenvalue weighted by Gasteiger charge is 2.33. The molecule has 0 aliphatic heterocycles. The molecule has 2 aromatic rings. The molecule has 3 rings (SSSR count). The third-order valence-corrected chi connectivity index (χ3v) is 6.60. The number of benzene rings is 1. The van der Waals surface area contributed by atoms with Gasteiger partial charge in [-0.05, 0) is 60.8 Å². The van der Waals surface area contributed by atoms with E-state index in [0.717, 1.165) is 17.7 Å². The fourth-order valence-corrected chi connectivity index (χ4v) is 4.64. The first kappa shape index (κ1) is 24.5. The molecule has 3 amide bonds. The number of allylic oxidation sites excluding steroid dienone is 1. The molecule has 1 aliphatic rings. The minimum absolute atomic E-state index is 0.151. The van der Waals surface area contributed by atoms with Gasteiger partial charge in [0.2, 0.25) is 5.91 Å². The number of pyridine rings is 1. The van der Waals surface area contributed by atoms with Gasteiger partial charge in [0.25, 0.3) is 0 Å². The molecule has 0 saturated carbocycles. The summed E-state index contributed by atoms with van der Waals surface area (Å²) in [6, 6.07) is 13.1. The Hall–Kier alpha value is -3.15. The summed E-state index contributed by atoms with van der Waals surface area (Å²) < 4.78 is 0. The van der Waals surface area contributed by atoms with Crippen molar-refractivity contribution in [3.63, 3.8) is 0 Å². The van der Waals surface area contributed by atoms with Crippen LogP contribution in [0.2, 0.25) is 0 Å². The smallest absolute Gasteiger partial charge is 0.319 e. The predicted molar refractivity (Wildman–Crippen MR) is 132 cm³/mol. The molecule has 0 saturated heterocycles. The lowest BCUT2D eigenvalue weighted by Gasteiger charge is -2.37. The highest BCUT2D eigenvalue weighted by Crippen LogP contribution is 2.39. The topological polar surface area (TPSA) is 74.3 Å². The highest BCUT2D eigenvalue weighted by atomic mass is 16.2. The molecular weight excluding hydrogens is 412 g/mol. The van der Waals surface area contributed by atoms with E-state index in [0.29, 0.717) is 31.3 Å². The zero-order valence-corrected chi connectivity index (χ0v) is 20.1. The summed E-state index contributed by atoms with van der Waals surface area (Å²) in [5.41, 5.74) is 3.05. The Bertz CT molecular complexity index is 943. The Balaban J connectivity index is 1.58. The molecule has 0 radical (unpaired) electrons. The van der Waals surface area contributed by atoms with E-state index in [1.165, 1.54) is 5.57 Å². The number of urea groups is 1. The van der Waals surface area contributed by atoms with Crippen LogP contribution < -0.4 is 10.6 Å². The average molecular weight is 449 g/mol. The van der Waals surface area contributed by atoms with Gasteiger partial charge in [-0.15, -0.1) is 0 Å². The second kappa shape index (κ2) is 11.6. The fourth-order valence-electron chi connectivity index (χ4n) is 4.64. The van der Waals surface area contributed by atoms with Crippen molar-refractivity contribution in [2.24, 2.45) is 23.7 Å². The first-order valence-electron chi connectivity index (χ1n) is 11.7. The molecule has 0 fully saturated rings. The standard InChI is InChI=1S/C27H36N4O2/c1-19(2)25-14-22(15-26(32)31(4)18-21-9-8-12-28-16-21)20(3)13-23(25)17-29-27(33)30-24-10-6-5-7-11-24/h5-13,16,19,22-23,25H,14-15,17-18H2,1-4H3,(H2,29,30,33). The molecule has 0 spiro atoms. The lowest BCUT2D eigenvalue weighted by atomic mass is 9.69. The van der Waals surface area contributed by atoms with Crippen molar-refractivity contribution in [3.05, 3.63) is 72.1 Å². The maximum absolute atomic E-state index is 12.9. The van der Waals surface area contributed by atoms with Crippen LogP contribution in [0.15, 0.2) is 66.5 Å². The van der Waals surface area contributed by atoms with Crippen LogP contribution in [-0.4, -0.2) is 35.4 Å². The number of amides is 3. The number of carbonyl (C=O) groups excluding carboxylic acids is 2. The number of nitrogens with zero attached hydrogens (tertiary/aromatic N) is 2. The van der Waals surface area contributed by atoms with Crippen molar-refractivity contribution in [1.82, 2.24) is 15.2 Å². The van der Waals surface area contributed by atoms with Gasteiger partial charge >= 0.3 is 6.03 Å². The van der Waals surface area contributed by atoms with Crippen molar-refractivity contribution < 1.29 is 9.59 Å². The largest absolute Gasteiger partial charge is 0.341 e. The third kappa shape index (κ3) is 7.17. The molecule has 3 unspecified atom stereocenters. The van der Waals surface area contributed by atoms with Gasteiger partial charge in [0.05, 0.1) is 0 Å². The summed E-state index contributed by atoms with van der Waals surface area (Å²) in [5, 5.41) is 5.91. The van der Waals surface area contributed by atoms with Crippen molar-refractivity contribution in [3.8, 4) is 0 Å². The molecular formula is C27H36N4O2. The Labute approximate surface area is 197 Å². The van der Waals surface area contributed by atoms with Crippen molar-refractivity contribution in [2.45, 2.75) is 40.2 Å². The van der Waals surface area contributed by atoms with Gasteiger partial charge < -0.3 is 15.5 Å². The maximum Gasteiger partial charge on any atom is 0.319 e. The SMILES string of the molecule is CC1=CC(CNC(=O)Nc2ccccc2)C(C(C)C)CC1CC(=O)N(C)Cc1cccnc1. The molecule has 1 aromatic carbocycles. The van der Waals surface area contributed by atoms with Crippen LogP contribution in [0.25, 0.3) is 0 Å². The van der Waals surface area contributed by atoms with Gasteiger partial charge in [0.15, 0.2) is 0 Å². The van der Waals surface area contributed by atoms with Gasteiger partial charge in [-0.25, -0.2) is 4.79 Å². The fraction of sp³-hybridized carbons (Fsp3) is 0.444. The molecule has 33 heavy (non-hydrogen) atoms. The van der Waals surface area contributed by atoms with Gasteiger partial charge in [0, 0.05) is 44.6 Å². The van der Waals surface area contributed by atoms with Crippen molar-refractivity contribution >= 4 is 17.6 Å². The highest BCUT2D eigenvalue weighted by molar-refractivity contribution is 5.89. The minimum Gasteiger partial charge on any atom is -0.341 e. The lowest BCUT2D eigenvalue weighted by molar-refractivity contribution is -0.131. The second-order valence-corrected chi connectivity index (χ2v) is 9.43. The molecule has 0 bridgehead atoms. The number of carbonyl (C=O) groups is 2. The zero-order valence-electron chi connectivity index (χ0n) is 20.1. The number of anilines is 1. The van der Waals surface area contributed by atoms with E-state index in [9.17, 15) is 9.59 Å². The summed E-state index contributed by atoms with van der Waals surface area (Å²) >= 11 is 0. The summed E-state index contributed by atoms with van der Waals surface area (Å²) in [6.45, 7) is 7.72. The van der Waals surface area contributed by atoms with Crippen LogP contribution in [-0.2, 0) is 11.3 Å². The summed E-state index contributed by atoms with van der Waals surface area (Å²) in [7, 11) is 1.86. The molecule has 1 aliphatic carbocycles. The van der Waals surface area contributed by atoms with Crippen LogP contribution in [0.3, 0.4) is 0 Å². The number of aromatic nitrogens is 1. The van der Waals surface area contributed by atoms with E-state index in [1.54, 1.807) is 17.3 Å². The maximum atomic E-state index is 12.9. The number of nitrogens with one attached hydrogen (secondary N) is 2. The average Bonchev–Trinajstić information content (AvgIpc) is 2.80. The summed E-state index contributed by atoms with van der Waals surface area (Å²) in [4.78, 5) is 31.2. The minimum atomic E-state index is -0.191. The predicted octanol–water partition coefficient (Wildman–Crippen LogP) is 5.11. The van der Waals surface area contributed by atoms with E-state index >= 15 is 0 Å². The van der Waals surface area contributed by atoms with Gasteiger partial charge in [-0.3, -0.25) is 9.78 Å². The number of hydrogen-bond acceptors (Lipinski definition) is 3. The Morgan fingerprint density at radius 3 is 2.58 bits per heavy atom. The second-order valence-electron chi connectivity index (χ2n) is 9.43. The molecule has 176 valence electrons. The Morgan fingerprint density at radius 2 is 1.91 bits per heavy atom. The molecule has 1 heterocycles. The summed E-state index contributed by atoms with van der Waals surface area (Å²) in [6.07, 6.45) is 7.28. The van der Waals surface area contributed by atoms with Crippen LogP contribution in [0.1, 0.15) is 39.2 Å². The van der Waals surface area contributed by atoms with E-state index in [2.05, 4.69) is 42.5 Å². The van der Waals surface area contributed by atoms with E-state index in [-0.39, 0.29) is 23.8 Å². The van der Waals surface area contributed by atoms with E-state index in [4.69, 9.17) is 0 Å². The Kier molecular flexibility index (Phi) is 8.64. The van der Waals surface area contributed by atoms with Crippen LogP contribution in [0, 0.1) is 23.7 Å². The van der Waals surface area contributed by atoms with Gasteiger partial charge in [-0.2, -0.15) is 0 Å². The first-order chi connectivity index (χ1) is 15.8. The first-order valence-corrected chi connectivity index (χ1v) is 11.7. The molecule has 1 aromatic heterocycles. The monoisotopic (exact) mass is 448 g/mol. The van der Waals surface area contributed by atoms with E-state index in [1.807, 2.05) is 49.5 Å². The Morgan fingerprint density at radius 1 is 1.15 bits per heavy atom. The number of rotatable bonds is 8. The normalized spacial score (nSPS) is 20.2. The summed E-state index contributed by atoms with van der Waals surface area (Å²) in [5.74, 6) is 1.51.